The molecule has 1 atom stereocenters. The van der Waals surface area contributed by atoms with Crippen LogP contribution in [0.2, 0.25) is 0 Å². The maximum atomic E-state index is 12.9. The van der Waals surface area contributed by atoms with Crippen molar-refractivity contribution in [1.82, 2.24) is 0 Å². The van der Waals surface area contributed by atoms with Crippen LogP contribution in [0.5, 0.6) is 0 Å². The molecule has 140 valence electrons. The first-order valence-electron chi connectivity index (χ1n) is 7.33. The second-order valence-electron chi connectivity index (χ2n) is 5.49. The van der Waals surface area contributed by atoms with Crippen LogP contribution in [-0.4, -0.2) is 24.5 Å². The number of nitrogens with zero attached hydrogens (tertiary/aromatic N) is 2. The van der Waals surface area contributed by atoms with Crippen LogP contribution >= 0.6 is 0 Å². The molecule has 0 fully saturated rings. The summed E-state index contributed by atoms with van der Waals surface area (Å²) in [5.41, 5.74) is 1.71. The number of nitrogens with two attached hydrogens (primary N) is 1. The first kappa shape index (κ1) is 19.7. The number of hydrogen-bond donors (Lipinski definition) is 1. The Labute approximate surface area is 144 Å². The summed E-state index contributed by atoms with van der Waals surface area (Å²) in [6, 6.07) is 1.19. The van der Waals surface area contributed by atoms with E-state index < -0.39 is 29.4 Å². The van der Waals surface area contributed by atoms with Crippen molar-refractivity contribution in [1.29, 1.82) is 0 Å². The number of amides is 1. The van der Waals surface area contributed by atoms with E-state index in [0.29, 0.717) is 18.6 Å². The Bertz CT molecular complexity index is 745. The summed E-state index contributed by atoms with van der Waals surface area (Å²) >= 11 is 0. The number of rotatable bonds is 3. The van der Waals surface area contributed by atoms with Gasteiger partial charge in [0, 0.05) is 24.2 Å². The van der Waals surface area contributed by atoms with Gasteiger partial charge in [0.2, 0.25) is 5.91 Å². The molecule has 1 aliphatic rings. The number of benzene rings is 1. The van der Waals surface area contributed by atoms with Crippen LogP contribution in [0.3, 0.4) is 0 Å². The van der Waals surface area contributed by atoms with Crippen molar-refractivity contribution in [2.45, 2.75) is 18.8 Å². The summed E-state index contributed by atoms with van der Waals surface area (Å²) < 4.78 is 77.5. The van der Waals surface area contributed by atoms with Gasteiger partial charge in [0.1, 0.15) is 0 Å². The van der Waals surface area contributed by atoms with E-state index in [1.165, 1.54) is 12.3 Å². The van der Waals surface area contributed by atoms with Gasteiger partial charge in [-0.3, -0.25) is 9.79 Å². The largest absolute Gasteiger partial charge is 0.416 e. The molecule has 1 aromatic rings. The van der Waals surface area contributed by atoms with Crippen LogP contribution in [0.25, 0.3) is 0 Å². The standard InChI is InChI=1S/C16H13F6N3O/c17-15(18,19)11-5-10(6-12(7-11)16(20,21)22)14-24-4-3-9(8-25-14)1-2-13(23)26/h1-2,5-9H,3-4H2,(H2,23,26)/b2-1+. The molecule has 26 heavy (non-hydrogen) atoms. The molecule has 0 saturated heterocycles. The molecule has 1 unspecified atom stereocenters. The van der Waals surface area contributed by atoms with Crippen LogP contribution in [-0.2, 0) is 17.1 Å². The Kier molecular flexibility index (Phi) is 5.53. The number of hydrogen-bond acceptors (Lipinski definition) is 3. The Hall–Kier alpha value is -2.65. The van der Waals surface area contributed by atoms with Gasteiger partial charge < -0.3 is 5.73 Å². The Morgan fingerprint density at radius 1 is 1.08 bits per heavy atom. The number of primary amides is 1. The average molecular weight is 377 g/mol. The molecule has 2 rings (SSSR count). The van der Waals surface area contributed by atoms with Gasteiger partial charge in [0.25, 0.3) is 0 Å². The van der Waals surface area contributed by atoms with Crippen molar-refractivity contribution >= 4 is 18.0 Å². The van der Waals surface area contributed by atoms with Crippen LogP contribution in [0.4, 0.5) is 26.3 Å². The molecular formula is C16H13F6N3O. The molecule has 0 saturated carbocycles. The number of aliphatic imine (C=N–C) groups is 2. The van der Waals surface area contributed by atoms with Gasteiger partial charge >= 0.3 is 12.4 Å². The van der Waals surface area contributed by atoms with Crippen molar-refractivity contribution in [2.24, 2.45) is 21.6 Å². The normalized spacial score (nSPS) is 18.7. The van der Waals surface area contributed by atoms with Crippen molar-refractivity contribution in [2.75, 3.05) is 6.54 Å². The zero-order valence-corrected chi connectivity index (χ0v) is 13.1. The van der Waals surface area contributed by atoms with Gasteiger partial charge in [-0.2, -0.15) is 26.3 Å². The highest BCUT2D eigenvalue weighted by molar-refractivity contribution is 6.04. The predicted octanol–water partition coefficient (Wildman–Crippen LogP) is 3.60. The summed E-state index contributed by atoms with van der Waals surface area (Å²) in [6.07, 6.45) is -5.67. The average Bonchev–Trinajstić information content (AvgIpc) is 2.76. The fraction of sp³-hybridized carbons (Fsp3) is 0.312. The minimum absolute atomic E-state index is 0.0445. The zero-order chi connectivity index (χ0) is 19.5. The van der Waals surface area contributed by atoms with E-state index in [9.17, 15) is 31.1 Å². The minimum Gasteiger partial charge on any atom is -0.366 e. The molecule has 4 nitrogen and oxygen atoms in total. The Balaban J connectivity index is 2.42. The quantitative estimate of drug-likeness (QED) is 0.635. The van der Waals surface area contributed by atoms with Gasteiger partial charge in [0.15, 0.2) is 5.84 Å². The van der Waals surface area contributed by atoms with Gasteiger partial charge in [-0.15, -0.1) is 0 Å². The van der Waals surface area contributed by atoms with Crippen molar-refractivity contribution < 1.29 is 31.1 Å². The smallest absolute Gasteiger partial charge is 0.366 e. The van der Waals surface area contributed by atoms with Crippen molar-refractivity contribution in [3.63, 3.8) is 0 Å². The molecule has 1 aliphatic heterocycles. The lowest BCUT2D eigenvalue weighted by molar-refractivity contribution is -0.143. The summed E-state index contributed by atoms with van der Waals surface area (Å²) in [5.74, 6) is -1.29. The third-order valence-corrected chi connectivity index (χ3v) is 3.47. The zero-order valence-electron chi connectivity index (χ0n) is 13.1. The second-order valence-corrected chi connectivity index (χ2v) is 5.49. The highest BCUT2D eigenvalue weighted by atomic mass is 19.4. The number of amidine groups is 1. The minimum atomic E-state index is -4.95. The maximum Gasteiger partial charge on any atom is 0.416 e. The van der Waals surface area contributed by atoms with E-state index in [4.69, 9.17) is 5.73 Å². The molecule has 0 aromatic heterocycles. The van der Waals surface area contributed by atoms with E-state index in [-0.39, 0.29) is 29.9 Å². The molecule has 0 bridgehead atoms. The van der Waals surface area contributed by atoms with Gasteiger partial charge in [-0.1, -0.05) is 6.08 Å². The first-order valence-corrected chi connectivity index (χ1v) is 7.33. The van der Waals surface area contributed by atoms with Crippen LogP contribution in [0.15, 0.2) is 40.3 Å². The maximum absolute atomic E-state index is 12.9. The van der Waals surface area contributed by atoms with E-state index in [1.807, 2.05) is 0 Å². The second kappa shape index (κ2) is 7.30. The van der Waals surface area contributed by atoms with Crippen LogP contribution in [0, 0.1) is 5.92 Å². The first-order chi connectivity index (χ1) is 12.0. The van der Waals surface area contributed by atoms with E-state index in [1.54, 1.807) is 0 Å². The topological polar surface area (TPSA) is 67.8 Å². The molecule has 10 heteroatoms. The summed E-state index contributed by atoms with van der Waals surface area (Å²) in [4.78, 5) is 18.6. The summed E-state index contributed by atoms with van der Waals surface area (Å²) in [7, 11) is 0. The van der Waals surface area contributed by atoms with E-state index in [0.717, 1.165) is 6.08 Å². The molecule has 0 radical (unpaired) electrons. The predicted molar refractivity (Wildman–Crippen MR) is 82.8 cm³/mol. The molecule has 0 spiro atoms. The lowest BCUT2D eigenvalue weighted by Gasteiger charge is -2.14. The van der Waals surface area contributed by atoms with Gasteiger partial charge in [0.05, 0.1) is 11.1 Å². The van der Waals surface area contributed by atoms with E-state index >= 15 is 0 Å². The fourth-order valence-electron chi connectivity index (χ4n) is 2.22. The summed E-state index contributed by atoms with van der Waals surface area (Å²) in [6.45, 7) is 0.112. The third-order valence-electron chi connectivity index (χ3n) is 3.47. The fourth-order valence-corrected chi connectivity index (χ4v) is 2.22. The summed E-state index contributed by atoms with van der Waals surface area (Å²) in [5, 5.41) is 0. The Morgan fingerprint density at radius 3 is 2.15 bits per heavy atom. The van der Waals surface area contributed by atoms with Crippen molar-refractivity contribution in [3.05, 3.63) is 47.0 Å². The van der Waals surface area contributed by atoms with Crippen LogP contribution in [0.1, 0.15) is 23.1 Å². The number of carbonyl (C=O) groups is 1. The van der Waals surface area contributed by atoms with E-state index in [2.05, 4.69) is 9.98 Å². The monoisotopic (exact) mass is 377 g/mol. The lowest BCUT2D eigenvalue weighted by Crippen LogP contribution is -2.13. The molecule has 2 N–H and O–H groups in total. The molecule has 1 aromatic carbocycles. The molecule has 1 heterocycles. The molecule has 1 amide bonds. The molecule has 0 aliphatic carbocycles. The number of allylic oxidation sites excluding steroid dienone is 1. The van der Waals surface area contributed by atoms with Crippen molar-refractivity contribution in [3.8, 4) is 0 Å². The van der Waals surface area contributed by atoms with Gasteiger partial charge in [-0.25, -0.2) is 4.99 Å². The lowest BCUT2D eigenvalue weighted by atomic mass is 10.0. The van der Waals surface area contributed by atoms with Gasteiger partial charge in [-0.05, 0) is 30.7 Å². The Morgan fingerprint density at radius 2 is 1.65 bits per heavy atom. The number of alkyl halides is 6. The number of halogens is 6. The molecular weight excluding hydrogens is 364 g/mol. The third kappa shape index (κ3) is 5.17. The highest BCUT2D eigenvalue weighted by Crippen LogP contribution is 2.36. The van der Waals surface area contributed by atoms with Crippen LogP contribution < -0.4 is 5.73 Å². The highest BCUT2D eigenvalue weighted by Gasteiger charge is 2.37. The SMILES string of the molecule is NC(=O)/C=C/C1C=NC(c2cc(C(F)(F)F)cc(C(F)(F)F)c2)=NCC1. The number of carbonyl (C=O) groups excluding carboxylic acids is 1.